The minimum Gasteiger partial charge on any atom is -0.356 e. The van der Waals surface area contributed by atoms with Crippen molar-refractivity contribution in [2.45, 2.75) is 19.3 Å². The van der Waals surface area contributed by atoms with Crippen LogP contribution in [0.1, 0.15) is 33.4 Å². The van der Waals surface area contributed by atoms with Crippen LogP contribution < -0.4 is 10.2 Å². The van der Waals surface area contributed by atoms with Crippen molar-refractivity contribution in [2.75, 3.05) is 10.2 Å². The summed E-state index contributed by atoms with van der Waals surface area (Å²) >= 11 is 0. The van der Waals surface area contributed by atoms with E-state index < -0.39 is 0 Å². The highest BCUT2D eigenvalue weighted by atomic mass is 15.1. The average molecular weight is 603 g/mol. The molecule has 0 fully saturated rings. The molecule has 0 aromatic heterocycles. The van der Waals surface area contributed by atoms with Gasteiger partial charge in [-0.3, -0.25) is 0 Å². The Balaban J connectivity index is 1.23. The molecule has 2 heteroatoms. The van der Waals surface area contributed by atoms with Crippen molar-refractivity contribution in [2.24, 2.45) is 0 Å². The van der Waals surface area contributed by atoms with Crippen molar-refractivity contribution >= 4 is 28.4 Å². The Bertz CT molecular complexity index is 2220. The molecule has 0 saturated heterocycles. The van der Waals surface area contributed by atoms with Gasteiger partial charge in [0, 0.05) is 28.4 Å². The SMILES string of the molecule is Cc1ccc(Nc2ccc(N(c3ccc(C)cc3)c3ccc4c(c3)C3(c5ccccc5-c5ccccc53)c3ccccc3-4)cc2)cc1. The topological polar surface area (TPSA) is 15.3 Å². The number of nitrogens with one attached hydrogen (secondary N) is 1. The van der Waals surface area contributed by atoms with Crippen molar-refractivity contribution in [3.05, 3.63) is 197 Å². The van der Waals surface area contributed by atoms with Crippen LogP contribution >= 0.6 is 0 Å². The molecule has 7 aromatic rings. The molecular formula is C45H34N2. The summed E-state index contributed by atoms with van der Waals surface area (Å²) in [6.07, 6.45) is 0. The highest BCUT2D eigenvalue weighted by molar-refractivity contribution is 5.96. The van der Waals surface area contributed by atoms with Crippen LogP contribution in [-0.4, -0.2) is 0 Å². The number of hydrogen-bond acceptors (Lipinski definition) is 2. The van der Waals surface area contributed by atoms with Crippen LogP contribution in [0.2, 0.25) is 0 Å². The molecule has 7 aromatic carbocycles. The number of hydrogen-bond donors (Lipinski definition) is 1. The van der Waals surface area contributed by atoms with Crippen molar-refractivity contribution < 1.29 is 0 Å². The van der Waals surface area contributed by atoms with E-state index in [4.69, 9.17) is 0 Å². The molecule has 1 N–H and O–H groups in total. The van der Waals surface area contributed by atoms with E-state index in [-0.39, 0.29) is 5.41 Å². The Hall–Kier alpha value is -5.86. The van der Waals surface area contributed by atoms with Gasteiger partial charge in [-0.25, -0.2) is 0 Å². The quantitative estimate of drug-likeness (QED) is 0.211. The predicted octanol–water partition coefficient (Wildman–Crippen LogP) is 11.9. The minimum absolute atomic E-state index is 0.379. The van der Waals surface area contributed by atoms with E-state index in [1.807, 2.05) is 0 Å². The van der Waals surface area contributed by atoms with E-state index in [9.17, 15) is 0 Å². The summed E-state index contributed by atoms with van der Waals surface area (Å²) in [5, 5.41) is 3.56. The summed E-state index contributed by atoms with van der Waals surface area (Å²) in [5.41, 5.74) is 18.3. The normalized spacial score (nSPS) is 13.1. The van der Waals surface area contributed by atoms with E-state index >= 15 is 0 Å². The molecule has 0 aliphatic heterocycles. The predicted molar refractivity (Wildman–Crippen MR) is 197 cm³/mol. The third-order valence-electron chi connectivity index (χ3n) is 10.00. The second kappa shape index (κ2) is 10.6. The highest BCUT2D eigenvalue weighted by Gasteiger charge is 2.51. The lowest BCUT2D eigenvalue weighted by atomic mass is 9.70. The van der Waals surface area contributed by atoms with Crippen LogP contribution in [0.15, 0.2) is 164 Å². The molecule has 0 bridgehead atoms. The lowest BCUT2D eigenvalue weighted by molar-refractivity contribution is 0.793. The zero-order valence-electron chi connectivity index (χ0n) is 26.5. The Labute approximate surface area is 276 Å². The van der Waals surface area contributed by atoms with Crippen molar-refractivity contribution in [3.63, 3.8) is 0 Å². The third-order valence-corrected chi connectivity index (χ3v) is 10.00. The molecule has 2 aliphatic carbocycles. The molecule has 2 nitrogen and oxygen atoms in total. The van der Waals surface area contributed by atoms with Gasteiger partial charge in [0.2, 0.25) is 0 Å². The molecule has 1 spiro atoms. The molecule has 2 aliphatic rings. The fourth-order valence-corrected chi connectivity index (χ4v) is 7.86. The van der Waals surface area contributed by atoms with Gasteiger partial charge in [-0.15, -0.1) is 0 Å². The smallest absolute Gasteiger partial charge is 0.0726 e. The van der Waals surface area contributed by atoms with Crippen LogP contribution in [0.4, 0.5) is 28.4 Å². The molecule has 0 unspecified atom stereocenters. The fourth-order valence-electron chi connectivity index (χ4n) is 7.86. The van der Waals surface area contributed by atoms with Gasteiger partial charge in [-0.1, -0.05) is 114 Å². The maximum absolute atomic E-state index is 3.56. The van der Waals surface area contributed by atoms with Crippen LogP contribution in [0.3, 0.4) is 0 Å². The molecule has 0 heterocycles. The second-order valence-electron chi connectivity index (χ2n) is 12.8. The standard InChI is InChI=1S/C45H34N2/c1-30-15-19-32(20-16-30)46-33-21-25-35(26-22-33)47(34-23-17-31(2)18-24-34)36-27-28-40-39-11-5-8-14-43(39)45(44(40)29-36)41-12-6-3-9-37(41)38-10-4-7-13-42(38)45/h3-29,46H,1-2H3. The summed E-state index contributed by atoms with van der Waals surface area (Å²) in [6.45, 7) is 4.26. The van der Waals surface area contributed by atoms with Gasteiger partial charge in [0.25, 0.3) is 0 Å². The average Bonchev–Trinajstić information content (AvgIpc) is 3.58. The molecule has 47 heavy (non-hydrogen) atoms. The first-order chi connectivity index (χ1) is 23.1. The molecule has 0 amide bonds. The lowest BCUT2D eigenvalue weighted by Gasteiger charge is -2.32. The third kappa shape index (κ3) is 4.18. The Kier molecular flexibility index (Phi) is 6.20. The van der Waals surface area contributed by atoms with Crippen LogP contribution in [0, 0.1) is 13.8 Å². The van der Waals surface area contributed by atoms with Crippen molar-refractivity contribution in [1.29, 1.82) is 0 Å². The van der Waals surface area contributed by atoms with E-state index in [0.717, 1.165) is 28.4 Å². The summed E-state index contributed by atoms with van der Waals surface area (Å²) in [5.74, 6) is 0. The Morgan fingerprint density at radius 1 is 0.383 bits per heavy atom. The zero-order chi connectivity index (χ0) is 31.5. The summed E-state index contributed by atoms with van der Waals surface area (Å²) in [7, 11) is 0. The van der Waals surface area contributed by atoms with Crippen LogP contribution in [-0.2, 0) is 5.41 Å². The number of aryl methyl sites for hydroxylation is 2. The molecular weight excluding hydrogens is 569 g/mol. The molecule has 9 rings (SSSR count). The van der Waals surface area contributed by atoms with Crippen molar-refractivity contribution in [3.8, 4) is 22.3 Å². The number of rotatable bonds is 5. The first kappa shape index (κ1) is 27.5. The largest absolute Gasteiger partial charge is 0.356 e. The first-order valence-corrected chi connectivity index (χ1v) is 16.4. The Morgan fingerprint density at radius 2 is 0.766 bits per heavy atom. The minimum atomic E-state index is -0.379. The van der Waals surface area contributed by atoms with E-state index in [0.29, 0.717) is 0 Å². The van der Waals surface area contributed by atoms with Gasteiger partial charge in [0.15, 0.2) is 0 Å². The van der Waals surface area contributed by atoms with Gasteiger partial charge in [0.05, 0.1) is 5.41 Å². The second-order valence-corrected chi connectivity index (χ2v) is 12.8. The maximum Gasteiger partial charge on any atom is 0.0726 e. The van der Waals surface area contributed by atoms with E-state index in [2.05, 4.69) is 188 Å². The van der Waals surface area contributed by atoms with Gasteiger partial charge >= 0.3 is 0 Å². The lowest BCUT2D eigenvalue weighted by Crippen LogP contribution is -2.26. The zero-order valence-corrected chi connectivity index (χ0v) is 26.5. The molecule has 224 valence electrons. The van der Waals surface area contributed by atoms with E-state index in [1.54, 1.807) is 0 Å². The summed E-state index contributed by atoms with van der Waals surface area (Å²) in [4.78, 5) is 2.39. The summed E-state index contributed by atoms with van der Waals surface area (Å²) in [6, 6.07) is 60.2. The maximum atomic E-state index is 3.56. The Morgan fingerprint density at radius 3 is 1.28 bits per heavy atom. The number of anilines is 5. The molecule has 0 atom stereocenters. The van der Waals surface area contributed by atoms with Gasteiger partial charge < -0.3 is 10.2 Å². The molecule has 0 saturated carbocycles. The fraction of sp³-hybridized carbons (Fsp3) is 0.0667. The molecule has 0 radical (unpaired) electrons. The van der Waals surface area contributed by atoms with Crippen LogP contribution in [0.25, 0.3) is 22.3 Å². The number of nitrogens with zero attached hydrogens (tertiary/aromatic N) is 1. The highest BCUT2D eigenvalue weighted by Crippen LogP contribution is 2.63. The van der Waals surface area contributed by atoms with Crippen LogP contribution in [0.5, 0.6) is 0 Å². The van der Waals surface area contributed by atoms with E-state index in [1.165, 1.54) is 55.6 Å². The van der Waals surface area contributed by atoms with Gasteiger partial charge in [-0.2, -0.15) is 0 Å². The first-order valence-electron chi connectivity index (χ1n) is 16.4. The summed E-state index contributed by atoms with van der Waals surface area (Å²) < 4.78 is 0. The van der Waals surface area contributed by atoms with Gasteiger partial charge in [-0.05, 0) is 119 Å². The monoisotopic (exact) mass is 602 g/mol. The van der Waals surface area contributed by atoms with Gasteiger partial charge in [0.1, 0.15) is 0 Å². The number of benzene rings is 7. The number of fused-ring (bicyclic) bond motifs is 10. The van der Waals surface area contributed by atoms with Crippen molar-refractivity contribution in [1.82, 2.24) is 0 Å².